The third-order valence-electron chi connectivity index (χ3n) is 7.79. The van der Waals surface area contributed by atoms with Gasteiger partial charge in [0.1, 0.15) is 23.7 Å². The van der Waals surface area contributed by atoms with Gasteiger partial charge in [-0.25, -0.2) is 19.4 Å². The van der Waals surface area contributed by atoms with Crippen molar-refractivity contribution in [1.29, 1.82) is 0 Å². The lowest BCUT2D eigenvalue weighted by Crippen LogP contribution is -2.22. The van der Waals surface area contributed by atoms with Crippen LogP contribution in [0.1, 0.15) is 79.0 Å². The van der Waals surface area contributed by atoms with Gasteiger partial charge in [-0.15, -0.1) is 15.0 Å². The minimum Gasteiger partial charge on any atom is -0.477 e. The Morgan fingerprint density at radius 3 is 2.27 bits per heavy atom. The monoisotopic (exact) mass is 701 g/mol. The van der Waals surface area contributed by atoms with E-state index in [4.69, 9.17) is 19.9 Å². The number of aryl methyl sites for hydroxylation is 1. The summed E-state index contributed by atoms with van der Waals surface area (Å²) in [5, 5.41) is 50.5. The molecule has 5 aromatic rings. The number of aromatic carboxylic acids is 1. The number of carbonyl (C=O) groups excluding carboxylic acids is 1. The Morgan fingerprint density at radius 1 is 0.941 bits per heavy atom. The Balaban J connectivity index is 1.27. The molecule has 51 heavy (non-hydrogen) atoms. The number of rotatable bonds is 15. The first kappa shape index (κ1) is 36.8. The van der Waals surface area contributed by atoms with E-state index in [0.717, 1.165) is 27.9 Å². The van der Waals surface area contributed by atoms with Gasteiger partial charge in [0.2, 0.25) is 12.1 Å². The number of aromatic nitrogens is 6. The molecule has 0 aliphatic carbocycles. The van der Waals surface area contributed by atoms with E-state index < -0.39 is 24.0 Å². The Labute approximate surface area is 292 Å². The number of nitrogens with zero attached hydrogens (tertiary/aromatic N) is 7. The number of tetrazole rings is 1. The zero-order valence-electron chi connectivity index (χ0n) is 28.5. The van der Waals surface area contributed by atoms with Crippen LogP contribution in [0.15, 0.2) is 72.8 Å². The highest BCUT2D eigenvalue weighted by atomic mass is 17.1. The number of carboxylic acid groups (broad SMARTS) is 1. The number of imidazole rings is 1. The van der Waals surface area contributed by atoms with Crippen LogP contribution < -0.4 is 0 Å². The molecule has 2 aromatic heterocycles. The van der Waals surface area contributed by atoms with Crippen molar-refractivity contribution in [3.63, 3.8) is 0 Å². The Bertz CT molecular complexity index is 1970. The average molecular weight is 702 g/mol. The van der Waals surface area contributed by atoms with Crippen LogP contribution in [0.4, 0.5) is 4.79 Å². The molecule has 1 unspecified atom stereocenters. The van der Waals surface area contributed by atoms with Crippen LogP contribution >= 0.6 is 0 Å². The zero-order chi connectivity index (χ0) is 36.7. The van der Waals surface area contributed by atoms with E-state index in [2.05, 4.69) is 25.2 Å². The Hall–Kier alpha value is -5.52. The summed E-state index contributed by atoms with van der Waals surface area (Å²) in [6.07, 6.45) is -0.581. The number of carbonyl (C=O) groups is 2. The average Bonchev–Trinajstić information content (AvgIpc) is 3.73. The maximum Gasteiger partial charge on any atom is 0.510 e. The first-order valence-electron chi connectivity index (χ1n) is 16.1. The standard InChI is InChI=1S/C35H39N7O9/c1-5-9-29-36-31(35(3,4)46)30(33(43)44)40(29)19-23-14-16-26(17-15-23)27-12-6-7-13-28(27)32-37-39-41(38-32)22(2)51-34(45)49-20-24-10-8-11-25(18-24)21-50-42(47)48/h6-8,10-18,22,46-48H,5,9,19-21H2,1-4H3,(H,43,44). The minimum atomic E-state index is -1.42. The largest absolute Gasteiger partial charge is 0.510 e. The van der Waals surface area contributed by atoms with Gasteiger partial charge in [0.05, 0.1) is 12.0 Å². The third kappa shape index (κ3) is 9.19. The van der Waals surface area contributed by atoms with Gasteiger partial charge in [-0.05, 0) is 60.2 Å². The van der Waals surface area contributed by atoms with E-state index >= 15 is 0 Å². The van der Waals surface area contributed by atoms with Gasteiger partial charge in [0.25, 0.3) is 0 Å². The molecular weight excluding hydrogens is 662 g/mol. The van der Waals surface area contributed by atoms with E-state index in [1.807, 2.05) is 55.5 Å². The molecule has 5 rings (SSSR count). The second-order valence-electron chi connectivity index (χ2n) is 12.2. The van der Waals surface area contributed by atoms with E-state index in [9.17, 15) is 19.8 Å². The van der Waals surface area contributed by atoms with Crippen molar-refractivity contribution < 1.29 is 44.5 Å². The van der Waals surface area contributed by atoms with E-state index in [-0.39, 0.29) is 36.5 Å². The van der Waals surface area contributed by atoms with Gasteiger partial charge in [-0.1, -0.05) is 79.7 Å². The number of hydrogen-bond donors (Lipinski definition) is 4. The van der Waals surface area contributed by atoms with E-state index in [1.54, 1.807) is 35.8 Å². The molecular formula is C35H39N7O9. The lowest BCUT2D eigenvalue weighted by Gasteiger charge is -2.16. The van der Waals surface area contributed by atoms with Crippen molar-refractivity contribution >= 4 is 12.1 Å². The maximum absolute atomic E-state index is 12.4. The summed E-state index contributed by atoms with van der Waals surface area (Å²) in [5.74, 6) is -0.257. The molecule has 0 amide bonds. The molecule has 0 aliphatic heterocycles. The maximum atomic E-state index is 12.4. The molecule has 0 fully saturated rings. The summed E-state index contributed by atoms with van der Waals surface area (Å²) in [6.45, 7) is 6.65. The lowest BCUT2D eigenvalue weighted by molar-refractivity contribution is -0.497. The fourth-order valence-electron chi connectivity index (χ4n) is 5.42. The van der Waals surface area contributed by atoms with Gasteiger partial charge in [0, 0.05) is 18.5 Å². The topological polar surface area (TPSA) is 207 Å². The van der Waals surface area contributed by atoms with Gasteiger partial charge in [0.15, 0.2) is 5.69 Å². The van der Waals surface area contributed by atoms with Crippen LogP contribution in [-0.4, -0.2) is 67.9 Å². The van der Waals surface area contributed by atoms with Crippen molar-refractivity contribution in [1.82, 2.24) is 35.1 Å². The summed E-state index contributed by atoms with van der Waals surface area (Å²) in [7, 11) is 0. The normalized spacial score (nSPS) is 12.2. The van der Waals surface area contributed by atoms with Gasteiger partial charge < -0.3 is 24.3 Å². The summed E-state index contributed by atoms with van der Waals surface area (Å²) in [5.41, 5.74) is 3.13. The predicted molar refractivity (Wildman–Crippen MR) is 179 cm³/mol. The first-order chi connectivity index (χ1) is 24.3. The number of aliphatic hydroxyl groups is 1. The fourth-order valence-corrected chi connectivity index (χ4v) is 5.42. The smallest absolute Gasteiger partial charge is 0.477 e. The van der Waals surface area contributed by atoms with Crippen molar-refractivity contribution in [3.05, 3.63) is 107 Å². The molecule has 0 aliphatic rings. The van der Waals surface area contributed by atoms with E-state index in [0.29, 0.717) is 34.8 Å². The van der Waals surface area contributed by atoms with E-state index in [1.165, 1.54) is 13.8 Å². The summed E-state index contributed by atoms with van der Waals surface area (Å²) in [6, 6.07) is 21.9. The molecule has 0 saturated heterocycles. The highest BCUT2D eigenvalue weighted by Gasteiger charge is 2.31. The summed E-state index contributed by atoms with van der Waals surface area (Å²) in [4.78, 5) is 35.0. The quantitative estimate of drug-likeness (QED) is 0.0784. The first-order valence-corrected chi connectivity index (χ1v) is 16.1. The molecule has 4 N–H and O–H groups in total. The van der Waals surface area contributed by atoms with Gasteiger partial charge in [-0.3, -0.25) is 10.4 Å². The lowest BCUT2D eigenvalue weighted by atomic mass is 9.98. The highest BCUT2D eigenvalue weighted by molar-refractivity contribution is 5.87. The van der Waals surface area contributed by atoms with Crippen LogP contribution in [0.2, 0.25) is 0 Å². The second-order valence-corrected chi connectivity index (χ2v) is 12.2. The van der Waals surface area contributed by atoms with Crippen molar-refractivity contribution in [3.8, 4) is 22.5 Å². The molecule has 16 heteroatoms. The van der Waals surface area contributed by atoms with Crippen molar-refractivity contribution in [2.24, 2.45) is 0 Å². The molecule has 16 nitrogen and oxygen atoms in total. The molecule has 3 aromatic carbocycles. The molecule has 0 saturated carbocycles. The number of hydrogen-bond acceptors (Lipinski definition) is 13. The molecule has 0 radical (unpaired) electrons. The van der Waals surface area contributed by atoms with Gasteiger partial charge >= 0.3 is 12.1 Å². The second kappa shape index (κ2) is 16.0. The van der Waals surface area contributed by atoms with Crippen LogP contribution in [0, 0.1) is 0 Å². The molecule has 0 spiro atoms. The van der Waals surface area contributed by atoms with Crippen LogP contribution in [0.3, 0.4) is 0 Å². The summed E-state index contributed by atoms with van der Waals surface area (Å²) >= 11 is 0. The predicted octanol–water partition coefficient (Wildman–Crippen LogP) is 5.51. The molecule has 0 bridgehead atoms. The number of carboxylic acids is 1. The minimum absolute atomic E-state index is 0.0301. The van der Waals surface area contributed by atoms with Crippen molar-refractivity contribution in [2.75, 3.05) is 0 Å². The number of benzene rings is 3. The zero-order valence-corrected chi connectivity index (χ0v) is 28.5. The van der Waals surface area contributed by atoms with Crippen LogP contribution in [0.25, 0.3) is 22.5 Å². The Kier molecular flexibility index (Phi) is 11.5. The van der Waals surface area contributed by atoms with Gasteiger partial charge in [-0.2, -0.15) is 0 Å². The fraction of sp³-hybridized carbons (Fsp3) is 0.314. The number of ether oxygens (including phenoxy) is 2. The van der Waals surface area contributed by atoms with Crippen molar-refractivity contribution in [2.45, 2.75) is 72.1 Å². The summed E-state index contributed by atoms with van der Waals surface area (Å²) < 4.78 is 12.2. The highest BCUT2D eigenvalue weighted by Crippen LogP contribution is 2.31. The molecule has 1 atom stereocenters. The van der Waals surface area contributed by atoms with Crippen LogP contribution in [-0.2, 0) is 46.1 Å². The molecule has 268 valence electrons. The Morgan fingerprint density at radius 2 is 1.63 bits per heavy atom. The SMILES string of the molecule is CCCc1nc(C(C)(C)O)c(C(=O)O)n1Cc1ccc(-c2ccccc2-c2nnn(C(C)OC(=O)OCc3cccc(CON(O)O)c3)n2)cc1. The third-order valence-corrected chi connectivity index (χ3v) is 7.79. The molecule has 2 heterocycles. The van der Waals surface area contributed by atoms with Crippen LogP contribution in [0.5, 0.6) is 0 Å².